The summed E-state index contributed by atoms with van der Waals surface area (Å²) in [5, 5.41) is 0. The van der Waals surface area contributed by atoms with E-state index < -0.39 is 0 Å². The fourth-order valence-corrected chi connectivity index (χ4v) is 2.39. The number of rotatable bonds is 7. The molecule has 0 aliphatic rings. The highest BCUT2D eigenvalue weighted by molar-refractivity contribution is 5.81. The fourth-order valence-electron chi connectivity index (χ4n) is 2.39. The van der Waals surface area contributed by atoms with Gasteiger partial charge in [-0.1, -0.05) is 67.9 Å². The van der Waals surface area contributed by atoms with Crippen molar-refractivity contribution in [3.05, 3.63) is 71.3 Å². The maximum atomic E-state index is 12.0. The van der Waals surface area contributed by atoms with E-state index in [1.165, 1.54) is 16.7 Å². The van der Waals surface area contributed by atoms with Crippen LogP contribution in [0.5, 0.6) is 0 Å². The second kappa shape index (κ2) is 7.64. The molecule has 0 fully saturated rings. The van der Waals surface area contributed by atoms with Gasteiger partial charge >= 0.3 is 0 Å². The molecule has 0 saturated heterocycles. The van der Waals surface area contributed by atoms with Crippen LogP contribution in [0, 0.1) is 0 Å². The predicted octanol–water partition coefficient (Wildman–Crippen LogP) is 4.58. The zero-order valence-corrected chi connectivity index (χ0v) is 12.1. The number of hydrogen-bond donors (Lipinski definition) is 0. The van der Waals surface area contributed by atoms with Crippen molar-refractivity contribution < 1.29 is 4.79 Å². The minimum absolute atomic E-state index is 0.354. The highest BCUT2D eigenvalue weighted by Gasteiger charge is 2.08. The van der Waals surface area contributed by atoms with Crippen LogP contribution in [0.3, 0.4) is 0 Å². The monoisotopic (exact) mass is 266 g/mol. The first-order chi connectivity index (χ1) is 9.79. The second-order valence-corrected chi connectivity index (χ2v) is 5.25. The molecule has 0 radical (unpaired) electrons. The number of hydrogen-bond acceptors (Lipinski definition) is 1. The van der Waals surface area contributed by atoms with Crippen LogP contribution in [0.15, 0.2) is 54.6 Å². The molecule has 0 atom stereocenters. The van der Waals surface area contributed by atoms with E-state index in [1.807, 2.05) is 12.1 Å². The fraction of sp³-hybridized carbons (Fsp3) is 0.316. The number of unbranched alkanes of at least 4 members (excludes halogenated alkanes) is 1. The quantitative estimate of drug-likeness (QED) is 0.717. The molecule has 1 nitrogen and oxygen atoms in total. The molecule has 2 aromatic rings. The maximum Gasteiger partial charge on any atom is 0.137 e. The maximum absolute atomic E-state index is 12.0. The van der Waals surface area contributed by atoms with E-state index in [-0.39, 0.29) is 0 Å². The summed E-state index contributed by atoms with van der Waals surface area (Å²) < 4.78 is 0. The molecule has 20 heavy (non-hydrogen) atoms. The standard InChI is InChI=1S/C19H22O/c1-2-3-13-19(20)15-18-12-8-7-11-17(18)14-16-9-5-4-6-10-16/h4-12H,2-3,13-15H2,1H3. The zero-order chi connectivity index (χ0) is 14.2. The third kappa shape index (κ3) is 4.34. The number of ketones is 1. The molecule has 0 aliphatic carbocycles. The van der Waals surface area contributed by atoms with E-state index in [2.05, 4.69) is 49.4 Å². The van der Waals surface area contributed by atoms with E-state index in [0.717, 1.165) is 19.3 Å². The van der Waals surface area contributed by atoms with Crippen LogP contribution < -0.4 is 0 Å². The van der Waals surface area contributed by atoms with Gasteiger partial charge in [0.1, 0.15) is 5.78 Å². The van der Waals surface area contributed by atoms with Gasteiger partial charge in [-0.05, 0) is 29.5 Å². The lowest BCUT2D eigenvalue weighted by Crippen LogP contribution is -2.05. The van der Waals surface area contributed by atoms with Gasteiger partial charge in [-0.15, -0.1) is 0 Å². The van der Waals surface area contributed by atoms with Crippen LogP contribution in [-0.4, -0.2) is 5.78 Å². The van der Waals surface area contributed by atoms with E-state index in [9.17, 15) is 4.79 Å². The number of Topliss-reactive ketones (excluding diaryl/α,β-unsaturated/α-hetero) is 1. The molecule has 0 heterocycles. The molecule has 0 aromatic heterocycles. The molecule has 0 saturated carbocycles. The Morgan fingerprint density at radius 3 is 2.25 bits per heavy atom. The Bertz CT molecular complexity index is 543. The Morgan fingerprint density at radius 2 is 1.55 bits per heavy atom. The summed E-state index contributed by atoms with van der Waals surface area (Å²) in [5.41, 5.74) is 3.74. The first-order valence-corrected chi connectivity index (χ1v) is 7.42. The molecule has 0 unspecified atom stereocenters. The van der Waals surface area contributed by atoms with E-state index in [4.69, 9.17) is 0 Å². The number of carbonyl (C=O) groups is 1. The van der Waals surface area contributed by atoms with Crippen molar-refractivity contribution in [2.45, 2.75) is 39.0 Å². The van der Waals surface area contributed by atoms with Crippen molar-refractivity contribution >= 4 is 5.78 Å². The highest BCUT2D eigenvalue weighted by Crippen LogP contribution is 2.16. The zero-order valence-electron chi connectivity index (χ0n) is 12.1. The minimum atomic E-state index is 0.354. The summed E-state index contributed by atoms with van der Waals surface area (Å²) in [7, 11) is 0. The predicted molar refractivity (Wildman–Crippen MR) is 83.9 cm³/mol. The molecular weight excluding hydrogens is 244 g/mol. The van der Waals surface area contributed by atoms with Crippen LogP contribution >= 0.6 is 0 Å². The molecule has 0 bridgehead atoms. The van der Waals surface area contributed by atoms with E-state index >= 15 is 0 Å². The third-order valence-electron chi connectivity index (χ3n) is 3.55. The summed E-state index contributed by atoms with van der Waals surface area (Å²) in [5.74, 6) is 0.354. The van der Waals surface area contributed by atoms with Crippen LogP contribution in [0.1, 0.15) is 42.9 Å². The van der Waals surface area contributed by atoms with Crippen molar-refractivity contribution in [1.82, 2.24) is 0 Å². The van der Waals surface area contributed by atoms with Gasteiger partial charge in [-0.2, -0.15) is 0 Å². The van der Waals surface area contributed by atoms with Gasteiger partial charge in [-0.25, -0.2) is 0 Å². The molecule has 0 spiro atoms. The molecule has 1 heteroatoms. The number of benzene rings is 2. The lowest BCUT2D eigenvalue weighted by molar-refractivity contribution is -0.118. The lowest BCUT2D eigenvalue weighted by Gasteiger charge is -2.09. The summed E-state index contributed by atoms with van der Waals surface area (Å²) in [6.45, 7) is 2.12. The summed E-state index contributed by atoms with van der Waals surface area (Å²) in [4.78, 5) is 12.0. The Balaban J connectivity index is 2.08. The first-order valence-electron chi connectivity index (χ1n) is 7.42. The third-order valence-corrected chi connectivity index (χ3v) is 3.55. The van der Waals surface area contributed by atoms with E-state index in [1.54, 1.807) is 0 Å². The summed E-state index contributed by atoms with van der Waals surface area (Å²) >= 11 is 0. The highest BCUT2D eigenvalue weighted by atomic mass is 16.1. The topological polar surface area (TPSA) is 17.1 Å². The Labute approximate surface area is 121 Å². The van der Waals surface area contributed by atoms with Gasteiger partial charge in [0.25, 0.3) is 0 Å². The van der Waals surface area contributed by atoms with E-state index in [0.29, 0.717) is 18.6 Å². The Morgan fingerprint density at radius 1 is 0.900 bits per heavy atom. The number of carbonyl (C=O) groups excluding carboxylic acids is 1. The molecular formula is C19H22O. The molecule has 0 N–H and O–H groups in total. The molecule has 0 aliphatic heterocycles. The van der Waals surface area contributed by atoms with Crippen molar-refractivity contribution in [3.63, 3.8) is 0 Å². The average Bonchev–Trinajstić information content (AvgIpc) is 2.48. The summed E-state index contributed by atoms with van der Waals surface area (Å²) in [6, 6.07) is 18.7. The Kier molecular flexibility index (Phi) is 5.55. The van der Waals surface area contributed by atoms with Gasteiger partial charge in [-0.3, -0.25) is 4.79 Å². The van der Waals surface area contributed by atoms with Gasteiger partial charge in [0.15, 0.2) is 0 Å². The molecule has 2 rings (SSSR count). The largest absolute Gasteiger partial charge is 0.299 e. The van der Waals surface area contributed by atoms with Crippen molar-refractivity contribution in [2.75, 3.05) is 0 Å². The average molecular weight is 266 g/mol. The van der Waals surface area contributed by atoms with Gasteiger partial charge in [0.05, 0.1) is 0 Å². The van der Waals surface area contributed by atoms with Crippen LogP contribution in [0.4, 0.5) is 0 Å². The minimum Gasteiger partial charge on any atom is -0.299 e. The molecule has 0 amide bonds. The van der Waals surface area contributed by atoms with Crippen molar-refractivity contribution in [2.24, 2.45) is 0 Å². The van der Waals surface area contributed by atoms with Gasteiger partial charge < -0.3 is 0 Å². The Hall–Kier alpha value is -1.89. The lowest BCUT2D eigenvalue weighted by atomic mass is 9.95. The van der Waals surface area contributed by atoms with Crippen molar-refractivity contribution in [1.29, 1.82) is 0 Å². The summed E-state index contributed by atoms with van der Waals surface area (Å²) in [6.07, 6.45) is 4.26. The van der Waals surface area contributed by atoms with Crippen LogP contribution in [0.25, 0.3) is 0 Å². The first kappa shape index (κ1) is 14.5. The SMILES string of the molecule is CCCCC(=O)Cc1ccccc1Cc1ccccc1. The van der Waals surface area contributed by atoms with Gasteiger partial charge in [0, 0.05) is 12.8 Å². The normalized spacial score (nSPS) is 10.4. The van der Waals surface area contributed by atoms with Crippen LogP contribution in [-0.2, 0) is 17.6 Å². The molecule has 2 aromatic carbocycles. The van der Waals surface area contributed by atoms with Crippen LogP contribution in [0.2, 0.25) is 0 Å². The van der Waals surface area contributed by atoms with Gasteiger partial charge in [0.2, 0.25) is 0 Å². The second-order valence-electron chi connectivity index (χ2n) is 5.25. The molecule has 104 valence electrons. The van der Waals surface area contributed by atoms with Crippen molar-refractivity contribution in [3.8, 4) is 0 Å². The smallest absolute Gasteiger partial charge is 0.137 e.